The Labute approximate surface area is 142 Å². The number of likely N-dealkylation sites (tertiary alicyclic amines) is 1. The Morgan fingerprint density at radius 1 is 1.33 bits per heavy atom. The summed E-state index contributed by atoms with van der Waals surface area (Å²) < 4.78 is 7.07. The number of hydrogen-bond donors (Lipinski definition) is 1. The third-order valence-corrected chi connectivity index (χ3v) is 5.91. The highest BCUT2D eigenvalue weighted by Crippen LogP contribution is 2.49. The zero-order valence-corrected chi connectivity index (χ0v) is 14.2. The molecule has 1 unspecified atom stereocenters. The molecule has 1 saturated heterocycles. The van der Waals surface area contributed by atoms with Crippen LogP contribution in [0.1, 0.15) is 41.6 Å². The fourth-order valence-corrected chi connectivity index (χ4v) is 4.20. The van der Waals surface area contributed by atoms with Crippen molar-refractivity contribution in [2.45, 2.75) is 38.3 Å². The zero-order chi connectivity index (χ0) is 16.6. The second kappa shape index (κ2) is 6.13. The van der Waals surface area contributed by atoms with Gasteiger partial charge in [-0.05, 0) is 56.3 Å². The summed E-state index contributed by atoms with van der Waals surface area (Å²) in [6.07, 6.45) is 12.1. The summed E-state index contributed by atoms with van der Waals surface area (Å²) in [5.74, 6) is 0.0699. The van der Waals surface area contributed by atoms with Crippen molar-refractivity contribution in [3.8, 4) is 0 Å². The molecule has 5 heteroatoms. The van der Waals surface area contributed by atoms with Crippen LogP contribution in [0.15, 0.2) is 41.5 Å². The smallest absolute Gasteiger partial charge is 0.253 e. The minimum atomic E-state index is 0.0699. The monoisotopic (exact) mass is 327 g/mol. The van der Waals surface area contributed by atoms with E-state index in [2.05, 4.69) is 10.2 Å². The van der Waals surface area contributed by atoms with Crippen LogP contribution in [-0.4, -0.2) is 34.5 Å². The van der Waals surface area contributed by atoms with E-state index in [0.717, 1.165) is 31.6 Å². The number of rotatable bonds is 4. The van der Waals surface area contributed by atoms with Crippen LogP contribution in [-0.2, 0) is 13.6 Å². The van der Waals surface area contributed by atoms with Gasteiger partial charge in [-0.3, -0.25) is 9.69 Å². The van der Waals surface area contributed by atoms with Gasteiger partial charge >= 0.3 is 0 Å². The fourth-order valence-electron chi connectivity index (χ4n) is 4.20. The highest BCUT2D eigenvalue weighted by molar-refractivity contribution is 5.94. The number of aryl methyl sites for hydroxylation is 1. The lowest BCUT2D eigenvalue weighted by atomic mass is 9.59. The average molecular weight is 327 g/mol. The molecular formula is C19H25N3O2. The van der Waals surface area contributed by atoms with Crippen LogP contribution in [0.5, 0.6) is 0 Å². The summed E-state index contributed by atoms with van der Waals surface area (Å²) in [6, 6.07) is 4.26. The van der Waals surface area contributed by atoms with Crippen LogP contribution < -0.4 is 5.32 Å². The van der Waals surface area contributed by atoms with Gasteiger partial charge in [-0.25, -0.2) is 0 Å². The minimum Gasteiger partial charge on any atom is -0.472 e. The Kier molecular flexibility index (Phi) is 3.96. The second-order valence-electron chi connectivity index (χ2n) is 7.40. The van der Waals surface area contributed by atoms with Crippen LogP contribution in [0.4, 0.5) is 0 Å². The van der Waals surface area contributed by atoms with Crippen LogP contribution in [0.3, 0.4) is 0 Å². The molecule has 1 N–H and O–H groups in total. The molecule has 5 nitrogen and oxygen atoms in total. The van der Waals surface area contributed by atoms with E-state index in [9.17, 15) is 4.79 Å². The molecule has 2 aromatic heterocycles. The van der Waals surface area contributed by atoms with Crippen LogP contribution in [0, 0.1) is 5.41 Å². The molecule has 24 heavy (non-hydrogen) atoms. The van der Waals surface area contributed by atoms with Gasteiger partial charge in [-0.2, -0.15) is 0 Å². The Morgan fingerprint density at radius 2 is 2.17 bits per heavy atom. The Balaban J connectivity index is 1.32. The van der Waals surface area contributed by atoms with E-state index in [1.54, 1.807) is 6.26 Å². The van der Waals surface area contributed by atoms with E-state index < -0.39 is 0 Å². The fraction of sp³-hybridized carbons (Fsp3) is 0.526. The molecule has 128 valence electrons. The number of amides is 1. The second-order valence-corrected chi connectivity index (χ2v) is 7.40. The molecule has 1 amide bonds. The Morgan fingerprint density at radius 3 is 2.75 bits per heavy atom. The first-order valence-electron chi connectivity index (χ1n) is 8.81. The highest BCUT2D eigenvalue weighted by atomic mass is 16.3. The van der Waals surface area contributed by atoms with Crippen LogP contribution in [0.25, 0.3) is 0 Å². The lowest BCUT2D eigenvalue weighted by molar-refractivity contribution is -0.00713. The maximum atomic E-state index is 12.4. The molecule has 3 heterocycles. The number of aromatic nitrogens is 1. The van der Waals surface area contributed by atoms with Crippen molar-refractivity contribution in [3.05, 3.63) is 48.2 Å². The summed E-state index contributed by atoms with van der Waals surface area (Å²) in [5, 5.41) is 3.28. The van der Waals surface area contributed by atoms with Crippen molar-refractivity contribution < 1.29 is 9.21 Å². The predicted octanol–water partition coefficient (Wildman–Crippen LogP) is 2.79. The molecular weight excluding hydrogens is 302 g/mol. The summed E-state index contributed by atoms with van der Waals surface area (Å²) >= 11 is 0. The van der Waals surface area contributed by atoms with Crippen molar-refractivity contribution in [2.75, 3.05) is 13.1 Å². The summed E-state index contributed by atoms with van der Waals surface area (Å²) in [7, 11) is 1.94. The number of carbonyl (C=O) groups excluding carboxylic acids is 1. The molecule has 0 radical (unpaired) electrons. The lowest BCUT2D eigenvalue weighted by Gasteiger charge is -2.54. The van der Waals surface area contributed by atoms with E-state index in [-0.39, 0.29) is 5.91 Å². The van der Waals surface area contributed by atoms with Gasteiger partial charge < -0.3 is 14.3 Å². The van der Waals surface area contributed by atoms with Gasteiger partial charge in [0.1, 0.15) is 0 Å². The summed E-state index contributed by atoms with van der Waals surface area (Å²) in [6.45, 7) is 3.17. The maximum absolute atomic E-state index is 12.4. The quantitative estimate of drug-likeness (QED) is 0.939. The zero-order valence-electron chi connectivity index (χ0n) is 14.2. The first-order chi connectivity index (χ1) is 11.6. The first-order valence-corrected chi connectivity index (χ1v) is 8.81. The number of nitrogens with one attached hydrogen (secondary N) is 1. The molecule has 1 atom stereocenters. The maximum Gasteiger partial charge on any atom is 0.253 e. The predicted molar refractivity (Wildman–Crippen MR) is 91.6 cm³/mol. The third-order valence-electron chi connectivity index (χ3n) is 5.91. The van der Waals surface area contributed by atoms with Crippen LogP contribution >= 0.6 is 0 Å². The van der Waals surface area contributed by atoms with Gasteiger partial charge in [0.15, 0.2) is 0 Å². The Hall–Kier alpha value is -2.01. The largest absolute Gasteiger partial charge is 0.472 e. The molecule has 1 spiro atoms. The molecule has 1 aliphatic carbocycles. The SMILES string of the molecule is Cn1ccc(C(=O)NC2CCC23CCN(Cc2ccoc2)CC3)c1. The van der Waals surface area contributed by atoms with Crippen molar-refractivity contribution in [3.63, 3.8) is 0 Å². The third kappa shape index (κ3) is 2.88. The topological polar surface area (TPSA) is 50.4 Å². The van der Waals surface area contributed by atoms with Gasteiger partial charge in [0, 0.05) is 37.6 Å². The lowest BCUT2D eigenvalue weighted by Crippen LogP contribution is -2.59. The molecule has 0 aromatic carbocycles. The van der Waals surface area contributed by atoms with E-state index in [0.29, 0.717) is 11.5 Å². The number of piperidine rings is 1. The summed E-state index contributed by atoms with van der Waals surface area (Å²) in [5.41, 5.74) is 2.32. The summed E-state index contributed by atoms with van der Waals surface area (Å²) in [4.78, 5) is 14.9. The van der Waals surface area contributed by atoms with Gasteiger partial charge in [0.05, 0.1) is 18.1 Å². The first kappa shape index (κ1) is 15.5. The highest BCUT2D eigenvalue weighted by Gasteiger charge is 2.48. The number of furan rings is 1. The number of hydrogen-bond acceptors (Lipinski definition) is 3. The molecule has 1 saturated carbocycles. The van der Waals surface area contributed by atoms with E-state index in [4.69, 9.17) is 4.42 Å². The molecule has 0 bridgehead atoms. The average Bonchev–Trinajstić information content (AvgIpc) is 3.24. The van der Waals surface area contributed by atoms with Crippen molar-refractivity contribution in [1.29, 1.82) is 0 Å². The van der Waals surface area contributed by atoms with Crippen molar-refractivity contribution in [1.82, 2.24) is 14.8 Å². The molecule has 1 aliphatic heterocycles. The molecule has 2 aromatic rings. The molecule has 4 rings (SSSR count). The van der Waals surface area contributed by atoms with Crippen LogP contribution in [0.2, 0.25) is 0 Å². The number of nitrogens with zero attached hydrogens (tertiary/aromatic N) is 2. The van der Waals surface area contributed by atoms with Gasteiger partial charge in [0.25, 0.3) is 5.91 Å². The number of carbonyl (C=O) groups is 1. The molecule has 2 aliphatic rings. The Bertz CT molecular complexity index is 696. The van der Waals surface area contributed by atoms with Gasteiger partial charge in [0.2, 0.25) is 0 Å². The van der Waals surface area contributed by atoms with E-state index >= 15 is 0 Å². The minimum absolute atomic E-state index is 0.0699. The van der Waals surface area contributed by atoms with Crippen molar-refractivity contribution >= 4 is 5.91 Å². The van der Waals surface area contributed by atoms with Gasteiger partial charge in [-0.15, -0.1) is 0 Å². The van der Waals surface area contributed by atoms with E-state index in [1.165, 1.54) is 24.8 Å². The van der Waals surface area contributed by atoms with Gasteiger partial charge in [-0.1, -0.05) is 0 Å². The standard InChI is InChI=1S/C19H25N3O2/c1-21-8-3-16(13-21)18(23)20-17-2-5-19(17)6-9-22(10-7-19)12-15-4-11-24-14-15/h3-4,8,11,13-14,17H,2,5-7,9-10,12H2,1H3,(H,20,23). The van der Waals surface area contributed by atoms with E-state index in [1.807, 2.05) is 42.4 Å². The van der Waals surface area contributed by atoms with Crippen molar-refractivity contribution in [2.24, 2.45) is 12.5 Å². The normalized spacial score (nSPS) is 23.1. The molecule has 2 fully saturated rings.